The molecule has 8 heteroatoms. The fourth-order valence-corrected chi connectivity index (χ4v) is 6.61. The molecule has 0 N–H and O–H groups in total. The number of pyridine rings is 1. The Bertz CT molecular complexity index is 1140. The van der Waals surface area contributed by atoms with Crippen molar-refractivity contribution in [2.75, 3.05) is 29.5 Å². The first kappa shape index (κ1) is 20.5. The third-order valence-corrected chi connectivity index (χ3v) is 8.32. The third kappa shape index (κ3) is 3.71. The highest BCUT2D eigenvalue weighted by Crippen LogP contribution is 2.32. The van der Waals surface area contributed by atoms with E-state index in [0.717, 1.165) is 5.56 Å². The summed E-state index contributed by atoms with van der Waals surface area (Å²) in [7, 11) is -0.454. The van der Waals surface area contributed by atoms with Gasteiger partial charge in [0.05, 0.1) is 31.5 Å². The van der Waals surface area contributed by atoms with Gasteiger partial charge in [0.2, 0.25) is 5.78 Å². The Kier molecular flexibility index (Phi) is 5.53. The number of amides is 2. The molecule has 0 aliphatic carbocycles. The van der Waals surface area contributed by atoms with Gasteiger partial charge in [-0.25, -0.2) is 4.98 Å². The number of nitrogens with zero attached hydrogens (tertiary/aromatic N) is 3. The Hall–Kier alpha value is -3.39. The molecule has 162 valence electrons. The summed E-state index contributed by atoms with van der Waals surface area (Å²) in [5.74, 6) is 1.46. The molecule has 2 aromatic heterocycles. The predicted molar refractivity (Wildman–Crippen MR) is 122 cm³/mol. The molecule has 0 saturated carbocycles. The second-order valence-electron chi connectivity index (χ2n) is 7.74. The van der Waals surface area contributed by atoms with Gasteiger partial charge >= 0.3 is 0 Å². The van der Waals surface area contributed by atoms with Gasteiger partial charge in [-0.15, -0.1) is 0 Å². The van der Waals surface area contributed by atoms with Crippen LogP contribution in [0.15, 0.2) is 71.5 Å². The number of rotatable bonds is 4. The van der Waals surface area contributed by atoms with Crippen molar-refractivity contribution in [1.29, 1.82) is 0 Å². The number of furan rings is 1. The quantitative estimate of drug-likeness (QED) is 0.453. The van der Waals surface area contributed by atoms with E-state index in [-0.39, 0.29) is 17.6 Å². The van der Waals surface area contributed by atoms with E-state index in [4.69, 9.17) is 4.42 Å². The van der Waals surface area contributed by atoms with E-state index in [2.05, 4.69) is 4.98 Å². The molecular weight excluding hydrogens is 426 g/mol. The fraction of sp³-hybridized carbons (Fsp3) is 0.250. The molecule has 1 atom stereocenters. The molecule has 0 spiro atoms. The van der Waals surface area contributed by atoms with Gasteiger partial charge in [0.25, 0.3) is 17.1 Å². The van der Waals surface area contributed by atoms with E-state index >= 15 is 0 Å². The summed E-state index contributed by atoms with van der Waals surface area (Å²) in [4.78, 5) is 47.2. The van der Waals surface area contributed by atoms with Crippen LogP contribution in [0.4, 0.5) is 5.82 Å². The largest absolute Gasteiger partial charge is 0.459 e. The molecule has 0 bridgehead atoms. The highest BCUT2D eigenvalue weighted by atomic mass is 32.2. The lowest BCUT2D eigenvalue weighted by Gasteiger charge is -2.34. The van der Waals surface area contributed by atoms with E-state index in [1.165, 1.54) is 6.26 Å². The molecule has 0 radical (unpaired) electrons. The topological polar surface area (TPSA) is 83.7 Å². The molecule has 1 unspecified atom stereocenters. The Balaban J connectivity index is 1.38. The number of anilines is 1. The normalized spacial score (nSPS) is 19.2. The van der Waals surface area contributed by atoms with Crippen LogP contribution in [-0.4, -0.2) is 57.3 Å². The molecule has 7 nitrogen and oxygen atoms in total. The van der Waals surface area contributed by atoms with Gasteiger partial charge < -0.3 is 9.32 Å². The summed E-state index contributed by atoms with van der Waals surface area (Å²) in [6, 6.07) is 16.5. The van der Waals surface area contributed by atoms with Crippen molar-refractivity contribution >= 4 is 34.3 Å². The number of aromatic nitrogens is 1. The summed E-state index contributed by atoms with van der Waals surface area (Å²) < 4.78 is 5.22. The highest BCUT2D eigenvalue weighted by molar-refractivity contribution is 7.99. The lowest BCUT2D eigenvalue weighted by Crippen LogP contribution is -2.56. The third-order valence-electron chi connectivity index (χ3n) is 5.82. The Labute approximate surface area is 188 Å². The maximum absolute atomic E-state index is 13.6. The van der Waals surface area contributed by atoms with Gasteiger partial charge in [0.1, 0.15) is 17.3 Å². The van der Waals surface area contributed by atoms with Gasteiger partial charge in [0, 0.05) is 17.1 Å². The lowest BCUT2D eigenvalue weighted by atomic mass is 10.0. The highest BCUT2D eigenvalue weighted by Gasteiger charge is 2.51. The number of hydrogen-bond acceptors (Lipinski definition) is 5. The smallest absolute Gasteiger partial charge is 0.289 e. The minimum atomic E-state index is -0.726. The van der Waals surface area contributed by atoms with Crippen LogP contribution in [0.1, 0.15) is 26.5 Å². The summed E-state index contributed by atoms with van der Waals surface area (Å²) in [6.07, 6.45) is 3.09. The molecule has 2 aliphatic rings. The Morgan fingerprint density at radius 2 is 1.81 bits per heavy atom. The molecule has 1 fully saturated rings. The van der Waals surface area contributed by atoms with Crippen LogP contribution in [0.25, 0.3) is 0 Å². The zero-order chi connectivity index (χ0) is 22.1. The molecule has 32 heavy (non-hydrogen) atoms. The zero-order valence-electron chi connectivity index (χ0n) is 17.3. The van der Waals surface area contributed by atoms with Gasteiger partial charge in [-0.1, -0.05) is 30.3 Å². The molecule has 5 rings (SSSR count). The van der Waals surface area contributed by atoms with Gasteiger partial charge in [-0.2, -0.15) is 0 Å². The average molecular weight is 449 g/mol. The predicted octanol–water partition coefficient (Wildman–Crippen LogP) is 2.55. The lowest BCUT2D eigenvalue weighted by molar-refractivity contribution is -0.117. The van der Waals surface area contributed by atoms with Crippen molar-refractivity contribution in [3.05, 3.63) is 83.9 Å². The van der Waals surface area contributed by atoms with Gasteiger partial charge in [-0.05, 0) is 29.8 Å². The molecule has 3 aromatic rings. The van der Waals surface area contributed by atoms with Crippen molar-refractivity contribution in [1.82, 2.24) is 9.88 Å². The molecule has 1 saturated heterocycles. The first-order valence-electron chi connectivity index (χ1n) is 10.5. The summed E-state index contributed by atoms with van der Waals surface area (Å²) in [5.41, 5.74) is 1.47. The van der Waals surface area contributed by atoms with Crippen molar-refractivity contribution in [3.8, 4) is 0 Å². The number of hydrogen-bond donors (Lipinski definition) is 0. The summed E-state index contributed by atoms with van der Waals surface area (Å²) >= 11 is 0. The second-order valence-corrected chi connectivity index (χ2v) is 10.1. The summed E-state index contributed by atoms with van der Waals surface area (Å²) in [6.45, 7) is 1.37. The minimum absolute atomic E-state index is 0.153. The number of carbonyl (C=O) groups excluding carboxylic acids is 3. The monoisotopic (exact) mass is 448 g/mol. The Morgan fingerprint density at radius 1 is 1.03 bits per heavy atom. The van der Waals surface area contributed by atoms with Gasteiger partial charge in [-0.3, -0.25) is 19.3 Å². The van der Waals surface area contributed by atoms with E-state index < -0.39 is 16.1 Å². The minimum Gasteiger partial charge on any atom is -0.459 e. The second kappa shape index (κ2) is 8.63. The van der Waals surface area contributed by atoms with E-state index in [9.17, 15) is 14.4 Å². The van der Waals surface area contributed by atoms with E-state index in [0.29, 0.717) is 48.3 Å². The van der Waals surface area contributed by atoms with Crippen molar-refractivity contribution < 1.29 is 18.8 Å². The number of carbonyl (C=O) groups is 3. The number of fused-ring (bicyclic) bond motifs is 1. The van der Waals surface area contributed by atoms with Crippen molar-refractivity contribution in [2.24, 2.45) is 0 Å². The number of Topliss-reactive ketones (excluding diaryl/α,β-unsaturated/α-hetero) is 1. The molecule has 2 amide bonds. The molecule has 4 heterocycles. The van der Waals surface area contributed by atoms with Crippen LogP contribution in [0.3, 0.4) is 0 Å². The van der Waals surface area contributed by atoms with Crippen LogP contribution in [0.2, 0.25) is 0 Å². The molecule has 2 aliphatic heterocycles. The first-order valence-corrected chi connectivity index (χ1v) is 12.1. The maximum Gasteiger partial charge on any atom is 0.289 e. The van der Waals surface area contributed by atoms with Crippen molar-refractivity contribution in [2.45, 2.75) is 11.8 Å². The zero-order valence-corrected chi connectivity index (χ0v) is 18.2. The van der Waals surface area contributed by atoms with Crippen LogP contribution in [-0.2, 0) is 22.2 Å². The van der Waals surface area contributed by atoms with Crippen molar-refractivity contribution in [3.63, 3.8) is 0 Å². The van der Waals surface area contributed by atoms with Crippen LogP contribution >= 0.6 is 0 Å². The first-order chi connectivity index (χ1) is 15.6. The average Bonchev–Trinajstić information content (AvgIpc) is 3.38. The Morgan fingerprint density at radius 3 is 2.53 bits per heavy atom. The van der Waals surface area contributed by atoms with Gasteiger partial charge in [0.15, 0.2) is 5.76 Å². The molecular formula is C24H22N3O4S+. The van der Waals surface area contributed by atoms with E-state index in [1.807, 2.05) is 30.3 Å². The SMILES string of the molecule is O=C1c2cccnc2N(Cc2ccccc2)C(=O)C1[S+]1CCN(C(=O)c2ccco2)CC1. The fourth-order valence-electron chi connectivity index (χ4n) is 4.18. The number of ketones is 1. The van der Waals surface area contributed by atoms with Crippen LogP contribution in [0.5, 0.6) is 0 Å². The maximum atomic E-state index is 13.6. The summed E-state index contributed by atoms with van der Waals surface area (Å²) in [5, 5.41) is -0.726. The van der Waals surface area contributed by atoms with E-state index in [1.54, 1.807) is 40.3 Å². The van der Waals surface area contributed by atoms with Crippen LogP contribution in [0, 0.1) is 0 Å². The number of benzene rings is 1. The standard InChI is InChI=1S/C24H22N3O4S/c28-20-18-8-4-10-25-22(18)27(16-17-6-2-1-3-7-17)24(30)21(20)32-14-11-26(12-15-32)23(29)19-9-5-13-31-19/h1-10,13,21H,11-12,14-16H2/q+1. The van der Waals surface area contributed by atoms with Crippen LogP contribution < -0.4 is 4.90 Å². The molecule has 1 aromatic carbocycles.